The molecular weight excluding hydrogens is 232 g/mol. The number of carboxylic acid groups (broad SMARTS) is 1. The van der Waals surface area contributed by atoms with Crippen molar-refractivity contribution >= 4 is 11.9 Å². The van der Waals surface area contributed by atoms with Gasteiger partial charge in [0.05, 0.1) is 6.04 Å². The fourth-order valence-electron chi connectivity index (χ4n) is 2.39. The van der Waals surface area contributed by atoms with Crippen LogP contribution in [0.25, 0.3) is 0 Å². The summed E-state index contributed by atoms with van der Waals surface area (Å²) in [7, 11) is 0. The van der Waals surface area contributed by atoms with Crippen LogP contribution in [-0.4, -0.2) is 41.0 Å². The molecule has 2 unspecified atom stereocenters. The number of carbonyl (C=O) groups excluding carboxylic acids is 1. The van der Waals surface area contributed by atoms with Crippen LogP contribution in [0.4, 0.5) is 0 Å². The molecule has 5 nitrogen and oxygen atoms in total. The molecule has 0 bridgehead atoms. The van der Waals surface area contributed by atoms with Gasteiger partial charge < -0.3 is 15.7 Å². The lowest BCUT2D eigenvalue weighted by molar-refractivity contribution is -0.141. The number of aliphatic carboxylic acids is 1. The Morgan fingerprint density at radius 1 is 1.50 bits per heavy atom. The number of hydrogen-bond donors (Lipinski definition) is 2. The molecule has 18 heavy (non-hydrogen) atoms. The molecule has 1 rings (SSSR count). The molecule has 0 aliphatic carbocycles. The second kappa shape index (κ2) is 6.73. The minimum absolute atomic E-state index is 0.0283. The van der Waals surface area contributed by atoms with E-state index in [1.54, 1.807) is 4.90 Å². The summed E-state index contributed by atoms with van der Waals surface area (Å²) >= 11 is 0. The van der Waals surface area contributed by atoms with Crippen molar-refractivity contribution < 1.29 is 14.7 Å². The molecule has 3 N–H and O–H groups in total. The van der Waals surface area contributed by atoms with Gasteiger partial charge in [0.15, 0.2) is 0 Å². The fraction of sp³-hybridized carbons (Fsp3) is 0.846. The van der Waals surface area contributed by atoms with E-state index in [2.05, 4.69) is 0 Å². The summed E-state index contributed by atoms with van der Waals surface area (Å²) in [5.41, 5.74) is 5.94. The molecule has 0 saturated carbocycles. The summed E-state index contributed by atoms with van der Waals surface area (Å²) in [5, 5.41) is 8.80. The minimum atomic E-state index is -0.791. The van der Waals surface area contributed by atoms with Gasteiger partial charge in [-0.25, -0.2) is 0 Å². The standard InChI is InChI=1S/C13H24N2O3/c1-3-9(2)12(14)13(18)15-6-4-5-10(8-15)7-11(16)17/h9-10,12H,3-8,14H2,1-2H3,(H,16,17)/t9?,10?,12-/m0/s1. The van der Waals surface area contributed by atoms with Crippen LogP contribution >= 0.6 is 0 Å². The third-order valence-electron chi connectivity index (χ3n) is 3.84. The van der Waals surface area contributed by atoms with Gasteiger partial charge in [-0.3, -0.25) is 9.59 Å². The third-order valence-corrected chi connectivity index (χ3v) is 3.84. The van der Waals surface area contributed by atoms with E-state index in [0.717, 1.165) is 19.3 Å². The average molecular weight is 256 g/mol. The van der Waals surface area contributed by atoms with Crippen molar-refractivity contribution in [2.24, 2.45) is 17.6 Å². The maximum Gasteiger partial charge on any atom is 0.303 e. The third kappa shape index (κ3) is 3.98. The number of nitrogens with zero attached hydrogens (tertiary/aromatic N) is 1. The molecule has 0 aromatic rings. The second-order valence-electron chi connectivity index (χ2n) is 5.30. The zero-order chi connectivity index (χ0) is 13.7. The Morgan fingerprint density at radius 3 is 2.72 bits per heavy atom. The van der Waals surface area contributed by atoms with Crippen molar-refractivity contribution in [3.05, 3.63) is 0 Å². The molecular formula is C13H24N2O3. The van der Waals surface area contributed by atoms with Gasteiger partial charge in [0.1, 0.15) is 0 Å². The van der Waals surface area contributed by atoms with Crippen LogP contribution in [0.15, 0.2) is 0 Å². The molecule has 104 valence electrons. The van der Waals surface area contributed by atoms with Gasteiger partial charge in [0.25, 0.3) is 0 Å². The van der Waals surface area contributed by atoms with Crippen LogP contribution in [0.5, 0.6) is 0 Å². The summed E-state index contributed by atoms with van der Waals surface area (Å²) in [4.78, 5) is 24.6. The molecule has 0 aromatic heterocycles. The van der Waals surface area contributed by atoms with Crippen molar-refractivity contribution in [2.45, 2.75) is 45.6 Å². The van der Waals surface area contributed by atoms with Crippen LogP contribution in [-0.2, 0) is 9.59 Å². The van der Waals surface area contributed by atoms with E-state index >= 15 is 0 Å². The van der Waals surface area contributed by atoms with Gasteiger partial charge in [-0.2, -0.15) is 0 Å². The highest BCUT2D eigenvalue weighted by molar-refractivity contribution is 5.82. The van der Waals surface area contributed by atoms with Crippen molar-refractivity contribution in [1.29, 1.82) is 0 Å². The van der Waals surface area contributed by atoms with Crippen LogP contribution < -0.4 is 5.73 Å². The smallest absolute Gasteiger partial charge is 0.303 e. The number of carboxylic acids is 1. The minimum Gasteiger partial charge on any atom is -0.481 e. The first-order chi connectivity index (χ1) is 8.45. The van der Waals surface area contributed by atoms with Crippen molar-refractivity contribution in [3.63, 3.8) is 0 Å². The van der Waals surface area contributed by atoms with E-state index in [9.17, 15) is 9.59 Å². The highest BCUT2D eigenvalue weighted by Gasteiger charge is 2.29. The molecule has 0 radical (unpaired) electrons. The van der Waals surface area contributed by atoms with E-state index in [-0.39, 0.29) is 24.2 Å². The van der Waals surface area contributed by atoms with Gasteiger partial charge in [-0.1, -0.05) is 20.3 Å². The zero-order valence-electron chi connectivity index (χ0n) is 11.3. The highest BCUT2D eigenvalue weighted by Crippen LogP contribution is 2.21. The Hall–Kier alpha value is -1.10. The van der Waals surface area contributed by atoms with Gasteiger partial charge in [0.2, 0.25) is 5.91 Å². The topological polar surface area (TPSA) is 83.6 Å². The first kappa shape index (κ1) is 15.0. The SMILES string of the molecule is CCC(C)[C@H](N)C(=O)N1CCCC(CC(=O)O)C1. The number of nitrogens with two attached hydrogens (primary N) is 1. The summed E-state index contributed by atoms with van der Waals surface area (Å²) in [5.74, 6) is -0.582. The predicted octanol–water partition coefficient (Wildman–Crippen LogP) is 1.07. The van der Waals surface area contributed by atoms with E-state index in [4.69, 9.17) is 10.8 Å². The summed E-state index contributed by atoms with van der Waals surface area (Å²) in [6.07, 6.45) is 2.77. The molecule has 1 aliphatic rings. The molecule has 0 aromatic carbocycles. The number of amides is 1. The van der Waals surface area contributed by atoms with Crippen molar-refractivity contribution in [3.8, 4) is 0 Å². The lowest BCUT2D eigenvalue weighted by atomic mass is 9.92. The number of hydrogen-bond acceptors (Lipinski definition) is 3. The molecule has 0 spiro atoms. The Bertz CT molecular complexity index is 307. The summed E-state index contributed by atoms with van der Waals surface area (Å²) in [6.45, 7) is 5.23. The van der Waals surface area contributed by atoms with E-state index in [0.29, 0.717) is 13.1 Å². The monoisotopic (exact) mass is 256 g/mol. The van der Waals surface area contributed by atoms with E-state index in [1.807, 2.05) is 13.8 Å². The zero-order valence-corrected chi connectivity index (χ0v) is 11.3. The van der Waals surface area contributed by atoms with Gasteiger partial charge in [-0.05, 0) is 24.7 Å². The van der Waals surface area contributed by atoms with Crippen LogP contribution in [0, 0.1) is 11.8 Å². The van der Waals surface area contributed by atoms with Crippen molar-refractivity contribution in [1.82, 2.24) is 4.90 Å². The largest absolute Gasteiger partial charge is 0.481 e. The van der Waals surface area contributed by atoms with Gasteiger partial charge in [-0.15, -0.1) is 0 Å². The first-order valence-electron chi connectivity index (χ1n) is 6.71. The lowest BCUT2D eigenvalue weighted by Gasteiger charge is -2.34. The average Bonchev–Trinajstić information content (AvgIpc) is 2.35. The molecule has 3 atom stereocenters. The van der Waals surface area contributed by atoms with Gasteiger partial charge >= 0.3 is 5.97 Å². The summed E-state index contributed by atoms with van der Waals surface area (Å²) in [6, 6.07) is -0.460. The molecule has 1 aliphatic heterocycles. The van der Waals surface area contributed by atoms with Crippen LogP contribution in [0.1, 0.15) is 39.5 Å². The van der Waals surface area contributed by atoms with Gasteiger partial charge in [0, 0.05) is 19.5 Å². The Balaban J connectivity index is 2.55. The maximum absolute atomic E-state index is 12.2. The number of likely N-dealkylation sites (tertiary alicyclic amines) is 1. The lowest BCUT2D eigenvalue weighted by Crippen LogP contribution is -2.50. The fourth-order valence-corrected chi connectivity index (χ4v) is 2.39. The van der Waals surface area contributed by atoms with Crippen LogP contribution in [0.3, 0.4) is 0 Å². The first-order valence-corrected chi connectivity index (χ1v) is 6.71. The molecule has 1 amide bonds. The Labute approximate surface area is 108 Å². The molecule has 1 heterocycles. The highest BCUT2D eigenvalue weighted by atomic mass is 16.4. The van der Waals surface area contributed by atoms with Crippen molar-refractivity contribution in [2.75, 3.05) is 13.1 Å². The Kier molecular flexibility index (Phi) is 5.59. The summed E-state index contributed by atoms with van der Waals surface area (Å²) < 4.78 is 0. The second-order valence-corrected chi connectivity index (χ2v) is 5.30. The normalized spacial score (nSPS) is 23.5. The predicted molar refractivity (Wildman–Crippen MR) is 69.0 cm³/mol. The Morgan fingerprint density at radius 2 is 2.17 bits per heavy atom. The van der Waals surface area contributed by atoms with E-state index in [1.165, 1.54) is 0 Å². The van der Waals surface area contributed by atoms with Crippen LogP contribution in [0.2, 0.25) is 0 Å². The number of piperidine rings is 1. The maximum atomic E-state index is 12.2. The quantitative estimate of drug-likeness (QED) is 0.770. The number of rotatable bonds is 5. The number of carbonyl (C=O) groups is 2. The van der Waals surface area contributed by atoms with E-state index < -0.39 is 12.0 Å². The molecule has 1 fully saturated rings. The molecule has 5 heteroatoms. The molecule has 1 saturated heterocycles.